The van der Waals surface area contributed by atoms with Gasteiger partial charge in [0.05, 0.1) is 16.3 Å². The largest absolute Gasteiger partial charge is 0.506 e. The normalized spacial score (nSPS) is 10.6. The number of anilines is 1. The zero-order valence-electron chi connectivity index (χ0n) is 11.6. The van der Waals surface area contributed by atoms with E-state index >= 15 is 0 Å². The summed E-state index contributed by atoms with van der Waals surface area (Å²) in [6.45, 7) is 4.53. The van der Waals surface area contributed by atoms with E-state index in [0.717, 1.165) is 17.0 Å². The number of phenols is 1. The minimum absolute atomic E-state index is 0.122. The van der Waals surface area contributed by atoms with E-state index < -0.39 is 0 Å². The van der Waals surface area contributed by atoms with Crippen LogP contribution in [-0.2, 0) is 6.54 Å². The smallest absolute Gasteiger partial charge is 0.142 e. The van der Waals surface area contributed by atoms with Gasteiger partial charge in [0.25, 0.3) is 0 Å². The van der Waals surface area contributed by atoms with Crippen LogP contribution in [0.2, 0.25) is 0 Å². The maximum absolute atomic E-state index is 9.97. The summed E-state index contributed by atoms with van der Waals surface area (Å²) in [5.41, 5.74) is 1.75. The Hall–Kier alpha value is -1.68. The fraction of sp³-hybridized carbons (Fsp3) is 0.250. The fourth-order valence-corrected chi connectivity index (χ4v) is 2.27. The fourth-order valence-electron chi connectivity index (χ4n) is 1.86. The highest BCUT2D eigenvalue weighted by atomic mass is 79.9. The van der Waals surface area contributed by atoms with Gasteiger partial charge in [0.1, 0.15) is 11.5 Å². The van der Waals surface area contributed by atoms with E-state index in [9.17, 15) is 5.11 Å². The van der Waals surface area contributed by atoms with E-state index in [1.807, 2.05) is 56.3 Å². The standard InChI is InChI=1S/C16H18BrNO2/c1-11(2)20-15-9-4-3-8-14(15)18-10-12-6-5-7-13(17)16(12)19/h3-9,11,18-19H,10H2,1-2H3. The molecule has 0 unspecified atom stereocenters. The van der Waals surface area contributed by atoms with Crippen LogP contribution in [0, 0.1) is 0 Å². The molecule has 2 aromatic rings. The van der Waals surface area contributed by atoms with Crippen molar-refractivity contribution in [3.05, 3.63) is 52.5 Å². The van der Waals surface area contributed by atoms with Gasteiger partial charge in [-0.15, -0.1) is 0 Å². The highest BCUT2D eigenvalue weighted by Crippen LogP contribution is 2.30. The van der Waals surface area contributed by atoms with Crippen LogP contribution in [0.4, 0.5) is 5.69 Å². The van der Waals surface area contributed by atoms with Crippen LogP contribution in [0.5, 0.6) is 11.5 Å². The molecule has 3 nitrogen and oxygen atoms in total. The first-order chi connectivity index (χ1) is 9.58. The molecule has 2 rings (SSSR count). The number of benzene rings is 2. The van der Waals surface area contributed by atoms with Crippen molar-refractivity contribution in [2.45, 2.75) is 26.5 Å². The van der Waals surface area contributed by atoms with Crippen molar-refractivity contribution < 1.29 is 9.84 Å². The van der Waals surface area contributed by atoms with E-state index in [1.165, 1.54) is 0 Å². The first-order valence-corrected chi connectivity index (χ1v) is 7.33. The van der Waals surface area contributed by atoms with E-state index in [0.29, 0.717) is 11.0 Å². The predicted molar refractivity (Wildman–Crippen MR) is 85.3 cm³/mol. The molecule has 0 bridgehead atoms. The van der Waals surface area contributed by atoms with Gasteiger partial charge in [-0.25, -0.2) is 0 Å². The number of halogens is 1. The summed E-state index contributed by atoms with van der Waals surface area (Å²) in [5.74, 6) is 1.08. The van der Waals surface area contributed by atoms with Gasteiger partial charge in [-0.3, -0.25) is 0 Å². The van der Waals surface area contributed by atoms with E-state index in [1.54, 1.807) is 0 Å². The number of hydrogen-bond donors (Lipinski definition) is 2. The lowest BCUT2D eigenvalue weighted by molar-refractivity contribution is 0.243. The van der Waals surface area contributed by atoms with Crippen molar-refractivity contribution in [1.29, 1.82) is 0 Å². The SMILES string of the molecule is CC(C)Oc1ccccc1NCc1cccc(Br)c1O. The molecule has 0 heterocycles. The summed E-state index contributed by atoms with van der Waals surface area (Å²) >= 11 is 3.32. The molecule has 0 aliphatic carbocycles. The van der Waals surface area contributed by atoms with Crippen LogP contribution in [0.3, 0.4) is 0 Å². The van der Waals surface area contributed by atoms with Crippen LogP contribution in [-0.4, -0.2) is 11.2 Å². The van der Waals surface area contributed by atoms with Gasteiger partial charge in [0.2, 0.25) is 0 Å². The van der Waals surface area contributed by atoms with E-state index in [4.69, 9.17) is 4.74 Å². The third kappa shape index (κ3) is 3.67. The number of nitrogens with one attached hydrogen (secondary N) is 1. The Labute approximate surface area is 127 Å². The second kappa shape index (κ2) is 6.66. The Bertz CT molecular complexity index is 584. The molecule has 106 valence electrons. The molecule has 0 amide bonds. The predicted octanol–water partition coefficient (Wildman–Crippen LogP) is 4.55. The third-order valence-electron chi connectivity index (χ3n) is 2.79. The molecule has 0 aliphatic heterocycles. The van der Waals surface area contributed by atoms with Crippen LogP contribution >= 0.6 is 15.9 Å². The third-order valence-corrected chi connectivity index (χ3v) is 3.43. The van der Waals surface area contributed by atoms with Gasteiger partial charge in [-0.05, 0) is 48.0 Å². The van der Waals surface area contributed by atoms with Gasteiger partial charge in [0.15, 0.2) is 0 Å². The van der Waals surface area contributed by atoms with E-state index in [2.05, 4.69) is 21.2 Å². The maximum atomic E-state index is 9.97. The molecule has 0 saturated heterocycles. The minimum atomic E-state index is 0.122. The Morgan fingerprint density at radius 3 is 2.65 bits per heavy atom. The van der Waals surface area contributed by atoms with Crippen molar-refractivity contribution in [3.8, 4) is 11.5 Å². The Morgan fingerprint density at radius 2 is 1.90 bits per heavy atom. The summed E-state index contributed by atoms with van der Waals surface area (Å²) in [6.07, 6.45) is 0.122. The van der Waals surface area contributed by atoms with Crippen molar-refractivity contribution in [3.63, 3.8) is 0 Å². The Balaban J connectivity index is 2.13. The molecular weight excluding hydrogens is 318 g/mol. The summed E-state index contributed by atoms with van der Waals surface area (Å²) < 4.78 is 6.45. The molecule has 0 spiro atoms. The monoisotopic (exact) mass is 335 g/mol. The number of aromatic hydroxyl groups is 1. The van der Waals surface area contributed by atoms with E-state index in [-0.39, 0.29) is 11.9 Å². The molecule has 0 radical (unpaired) electrons. The highest BCUT2D eigenvalue weighted by molar-refractivity contribution is 9.10. The Morgan fingerprint density at radius 1 is 1.15 bits per heavy atom. The average Bonchev–Trinajstić information content (AvgIpc) is 2.41. The summed E-state index contributed by atoms with van der Waals surface area (Å²) in [5, 5.41) is 13.3. The first-order valence-electron chi connectivity index (χ1n) is 6.54. The lowest BCUT2D eigenvalue weighted by Gasteiger charge is -2.16. The topological polar surface area (TPSA) is 41.5 Å². The number of rotatable bonds is 5. The average molecular weight is 336 g/mol. The molecular formula is C16H18BrNO2. The van der Waals surface area contributed by atoms with Crippen molar-refractivity contribution >= 4 is 21.6 Å². The second-order valence-electron chi connectivity index (χ2n) is 4.76. The van der Waals surface area contributed by atoms with Gasteiger partial charge in [-0.1, -0.05) is 24.3 Å². The van der Waals surface area contributed by atoms with Crippen LogP contribution in [0.15, 0.2) is 46.9 Å². The highest BCUT2D eigenvalue weighted by Gasteiger charge is 2.07. The molecule has 20 heavy (non-hydrogen) atoms. The molecule has 4 heteroatoms. The zero-order chi connectivity index (χ0) is 14.5. The summed E-state index contributed by atoms with van der Waals surface area (Å²) in [7, 11) is 0. The van der Waals surface area contributed by atoms with Gasteiger partial charge < -0.3 is 15.2 Å². The second-order valence-corrected chi connectivity index (χ2v) is 5.62. The molecule has 0 fully saturated rings. The van der Waals surface area contributed by atoms with Crippen molar-refractivity contribution in [1.82, 2.24) is 0 Å². The molecule has 0 aromatic heterocycles. The molecule has 0 atom stereocenters. The maximum Gasteiger partial charge on any atom is 0.142 e. The lowest BCUT2D eigenvalue weighted by atomic mass is 10.2. The molecule has 2 aromatic carbocycles. The number of phenolic OH excluding ortho intramolecular Hbond substituents is 1. The summed E-state index contributed by atoms with van der Waals surface area (Å²) in [4.78, 5) is 0. The van der Waals surface area contributed by atoms with Gasteiger partial charge >= 0.3 is 0 Å². The number of ether oxygens (including phenoxy) is 1. The quantitative estimate of drug-likeness (QED) is 0.841. The van der Waals surface area contributed by atoms with Crippen molar-refractivity contribution in [2.24, 2.45) is 0 Å². The van der Waals surface area contributed by atoms with Crippen LogP contribution in [0.1, 0.15) is 19.4 Å². The van der Waals surface area contributed by atoms with Crippen molar-refractivity contribution in [2.75, 3.05) is 5.32 Å². The van der Waals surface area contributed by atoms with Crippen LogP contribution < -0.4 is 10.1 Å². The molecule has 0 saturated carbocycles. The molecule has 2 N–H and O–H groups in total. The van der Waals surface area contributed by atoms with Gasteiger partial charge in [-0.2, -0.15) is 0 Å². The lowest BCUT2D eigenvalue weighted by Crippen LogP contribution is -2.08. The number of hydrogen-bond acceptors (Lipinski definition) is 3. The first kappa shape index (κ1) is 14.7. The van der Waals surface area contributed by atoms with Gasteiger partial charge in [0, 0.05) is 12.1 Å². The number of para-hydroxylation sites is 3. The zero-order valence-corrected chi connectivity index (χ0v) is 13.1. The Kier molecular flexibility index (Phi) is 4.90. The minimum Gasteiger partial charge on any atom is -0.506 e. The molecule has 0 aliphatic rings. The summed E-state index contributed by atoms with van der Waals surface area (Å²) in [6, 6.07) is 13.4. The van der Waals surface area contributed by atoms with Crippen LogP contribution in [0.25, 0.3) is 0 Å².